The summed E-state index contributed by atoms with van der Waals surface area (Å²) in [5, 5.41) is 18.2. The molecule has 9 nitrogen and oxygen atoms in total. The fraction of sp³-hybridized carbons (Fsp3) is 0.250. The number of nitrogens with zero attached hydrogens (tertiary/aromatic N) is 5. The molecule has 2 N–H and O–H groups in total. The van der Waals surface area contributed by atoms with Crippen LogP contribution in [0.5, 0.6) is 0 Å². The fourth-order valence-electron chi connectivity index (χ4n) is 3.09. The van der Waals surface area contributed by atoms with Gasteiger partial charge in [0.15, 0.2) is 0 Å². The highest BCUT2D eigenvalue weighted by Crippen LogP contribution is 2.55. The number of rotatable bonds is 5. The van der Waals surface area contributed by atoms with E-state index in [1.165, 1.54) is 18.3 Å². The molecule has 0 radical (unpaired) electrons. The zero-order valence-electron chi connectivity index (χ0n) is 14.0. The monoisotopic (exact) mass is 408 g/mol. The van der Waals surface area contributed by atoms with E-state index < -0.39 is 22.7 Å². The van der Waals surface area contributed by atoms with Crippen LogP contribution in [0.2, 0.25) is 5.02 Å². The molecule has 1 aliphatic carbocycles. The van der Waals surface area contributed by atoms with Crippen molar-refractivity contribution in [2.24, 2.45) is 0 Å². The number of anilines is 1. The highest BCUT2D eigenvalue weighted by atomic mass is 35.5. The summed E-state index contributed by atoms with van der Waals surface area (Å²) in [6, 6.07) is 4.46. The predicted molar refractivity (Wildman–Crippen MR) is 92.8 cm³/mol. The van der Waals surface area contributed by atoms with Gasteiger partial charge in [-0.1, -0.05) is 17.7 Å². The molecule has 0 atom stereocenters. The molecule has 0 unspecified atom stereocenters. The van der Waals surface area contributed by atoms with Crippen LogP contribution in [-0.2, 0) is 5.41 Å². The first-order chi connectivity index (χ1) is 13.3. The summed E-state index contributed by atoms with van der Waals surface area (Å²) < 4.78 is 30.6. The molecule has 28 heavy (non-hydrogen) atoms. The van der Waals surface area contributed by atoms with Crippen LogP contribution >= 0.6 is 11.6 Å². The summed E-state index contributed by atoms with van der Waals surface area (Å²) in [6.07, 6.45) is -0.408. The van der Waals surface area contributed by atoms with Gasteiger partial charge in [-0.2, -0.15) is 8.78 Å². The highest BCUT2D eigenvalue weighted by Gasteiger charge is 2.50. The number of hydrogen-bond donors (Lipinski definition) is 1. The van der Waals surface area contributed by atoms with Crippen LogP contribution in [0.3, 0.4) is 0 Å². The smallest absolute Gasteiger partial charge is 0.314 e. The summed E-state index contributed by atoms with van der Waals surface area (Å²) >= 11 is 5.90. The van der Waals surface area contributed by atoms with Gasteiger partial charge in [0.1, 0.15) is 5.02 Å². The number of alkyl halides is 2. The second kappa shape index (κ2) is 6.44. The lowest BCUT2D eigenvalue weighted by Crippen LogP contribution is -2.15. The number of benzene rings is 1. The average Bonchev–Trinajstić information content (AvgIpc) is 3.31. The normalized spacial score (nSPS) is 15.0. The molecule has 1 fully saturated rings. The number of hydrogen-bond acceptors (Lipinski definition) is 8. The molecule has 1 aromatic carbocycles. The Hall–Kier alpha value is -3.21. The molecule has 144 valence electrons. The molecular formula is C16H11ClF2N6O3. The van der Waals surface area contributed by atoms with Gasteiger partial charge >= 0.3 is 6.43 Å². The molecule has 0 amide bonds. The minimum atomic E-state index is -2.92. The molecule has 0 saturated heterocycles. The SMILES string of the molecule is Nc1ncc(-c2nnc(C(F)F)o2)c(C2(c3ccc(Cl)c([N+](=O)[O-])c3)CC2)n1. The van der Waals surface area contributed by atoms with Gasteiger partial charge in [-0.15, -0.1) is 10.2 Å². The van der Waals surface area contributed by atoms with Crippen molar-refractivity contribution in [1.29, 1.82) is 0 Å². The van der Waals surface area contributed by atoms with Crippen molar-refractivity contribution in [2.75, 3.05) is 5.73 Å². The fourth-order valence-corrected chi connectivity index (χ4v) is 3.27. The minimum Gasteiger partial charge on any atom is -0.415 e. The second-order valence-corrected chi connectivity index (χ2v) is 6.65. The predicted octanol–water partition coefficient (Wildman–Crippen LogP) is 3.69. The van der Waals surface area contributed by atoms with Gasteiger partial charge in [0.25, 0.3) is 17.5 Å². The molecule has 0 aliphatic heterocycles. The lowest BCUT2D eigenvalue weighted by molar-refractivity contribution is -0.384. The Kier molecular flexibility index (Phi) is 4.18. The Morgan fingerprint density at radius 2 is 2.07 bits per heavy atom. The Morgan fingerprint density at radius 1 is 1.32 bits per heavy atom. The lowest BCUT2D eigenvalue weighted by Gasteiger charge is -2.18. The van der Waals surface area contributed by atoms with Gasteiger partial charge in [0.2, 0.25) is 5.95 Å². The van der Waals surface area contributed by atoms with Crippen molar-refractivity contribution in [3.05, 3.63) is 56.7 Å². The Morgan fingerprint density at radius 3 is 2.68 bits per heavy atom. The Balaban J connectivity index is 1.86. The maximum atomic E-state index is 12.8. The van der Waals surface area contributed by atoms with E-state index >= 15 is 0 Å². The van der Waals surface area contributed by atoms with Crippen LogP contribution in [0.15, 0.2) is 28.8 Å². The van der Waals surface area contributed by atoms with E-state index in [9.17, 15) is 18.9 Å². The Labute approximate surface area is 160 Å². The average molecular weight is 409 g/mol. The largest absolute Gasteiger partial charge is 0.415 e. The standard InChI is InChI=1S/C16H11ClF2N6O3/c17-9-2-1-7(5-10(9)25(26)27)16(3-4-16)11-8(6-21-15(20)22-11)13-23-24-14(28-13)12(18)19/h1-2,5-6,12H,3-4H2,(H2,20,21,22). The summed E-state index contributed by atoms with van der Waals surface area (Å²) in [4.78, 5) is 18.8. The highest BCUT2D eigenvalue weighted by molar-refractivity contribution is 6.32. The molecule has 1 aliphatic rings. The lowest BCUT2D eigenvalue weighted by atomic mass is 9.89. The zero-order chi connectivity index (χ0) is 20.1. The third-order valence-electron chi connectivity index (χ3n) is 4.56. The van der Waals surface area contributed by atoms with Crippen molar-refractivity contribution in [1.82, 2.24) is 20.2 Å². The van der Waals surface area contributed by atoms with Gasteiger partial charge in [-0.3, -0.25) is 10.1 Å². The molecule has 2 aromatic heterocycles. The van der Waals surface area contributed by atoms with Crippen molar-refractivity contribution in [2.45, 2.75) is 24.7 Å². The van der Waals surface area contributed by atoms with Crippen LogP contribution in [-0.4, -0.2) is 25.1 Å². The van der Waals surface area contributed by atoms with E-state index in [0.717, 1.165) is 0 Å². The quantitative estimate of drug-likeness (QED) is 0.499. The van der Waals surface area contributed by atoms with Gasteiger partial charge in [-0.05, 0) is 24.5 Å². The summed E-state index contributed by atoms with van der Waals surface area (Å²) in [7, 11) is 0. The first-order valence-corrected chi connectivity index (χ1v) is 8.39. The first-order valence-electron chi connectivity index (χ1n) is 8.01. The van der Waals surface area contributed by atoms with Crippen LogP contribution in [0.4, 0.5) is 20.4 Å². The first kappa shape index (κ1) is 18.2. The third kappa shape index (κ3) is 2.93. The molecule has 0 spiro atoms. The molecule has 1 saturated carbocycles. The minimum absolute atomic E-state index is 0.00505. The number of nitro benzene ring substituents is 1. The number of nitrogens with two attached hydrogens (primary N) is 1. The molecule has 2 heterocycles. The van der Waals surface area contributed by atoms with Gasteiger partial charge in [0.05, 0.1) is 16.2 Å². The van der Waals surface area contributed by atoms with Gasteiger partial charge < -0.3 is 10.2 Å². The molecule has 4 rings (SSSR count). The maximum absolute atomic E-state index is 12.8. The maximum Gasteiger partial charge on any atom is 0.314 e. The van der Waals surface area contributed by atoms with Crippen LogP contribution in [0.25, 0.3) is 11.5 Å². The molecule has 3 aromatic rings. The number of nitrogen functional groups attached to an aromatic ring is 1. The van der Waals surface area contributed by atoms with Crippen molar-refractivity contribution < 1.29 is 18.1 Å². The molecule has 0 bridgehead atoms. The van der Waals surface area contributed by atoms with E-state index in [4.69, 9.17) is 21.8 Å². The molecular weight excluding hydrogens is 398 g/mol. The van der Waals surface area contributed by atoms with Crippen molar-refractivity contribution >= 4 is 23.2 Å². The van der Waals surface area contributed by atoms with Crippen molar-refractivity contribution in [3.63, 3.8) is 0 Å². The van der Waals surface area contributed by atoms with E-state index in [1.54, 1.807) is 6.07 Å². The van der Waals surface area contributed by atoms with Crippen molar-refractivity contribution in [3.8, 4) is 11.5 Å². The van der Waals surface area contributed by atoms with E-state index in [2.05, 4.69) is 20.2 Å². The third-order valence-corrected chi connectivity index (χ3v) is 4.88. The van der Waals surface area contributed by atoms with E-state index in [-0.39, 0.29) is 28.1 Å². The topological polar surface area (TPSA) is 134 Å². The van der Waals surface area contributed by atoms with Gasteiger partial charge in [-0.25, -0.2) is 9.97 Å². The summed E-state index contributed by atoms with van der Waals surface area (Å²) in [5.74, 6) is -1.05. The van der Waals surface area contributed by atoms with Crippen LogP contribution in [0.1, 0.15) is 36.4 Å². The van der Waals surface area contributed by atoms with E-state index in [0.29, 0.717) is 24.1 Å². The number of nitro groups is 1. The van der Waals surface area contributed by atoms with Gasteiger partial charge in [0, 0.05) is 17.7 Å². The summed E-state index contributed by atoms with van der Waals surface area (Å²) in [5.41, 5.74) is 5.97. The Bertz CT molecular complexity index is 1090. The number of aromatic nitrogens is 4. The molecule has 12 heteroatoms. The number of halogens is 3. The van der Waals surface area contributed by atoms with Crippen LogP contribution in [0, 0.1) is 10.1 Å². The van der Waals surface area contributed by atoms with E-state index in [1.807, 2.05) is 0 Å². The summed E-state index contributed by atoms with van der Waals surface area (Å²) in [6.45, 7) is 0. The zero-order valence-corrected chi connectivity index (χ0v) is 14.7. The second-order valence-electron chi connectivity index (χ2n) is 6.24. The van der Waals surface area contributed by atoms with Crippen LogP contribution < -0.4 is 5.73 Å².